The predicted octanol–water partition coefficient (Wildman–Crippen LogP) is 2.22. The molecule has 3 aromatic carbocycles. The number of fused-ring (bicyclic) bond motifs is 10. The van der Waals surface area contributed by atoms with Gasteiger partial charge in [0.1, 0.15) is 11.1 Å². The fourth-order valence-electron chi connectivity index (χ4n) is 5.40. The van der Waals surface area contributed by atoms with Crippen molar-refractivity contribution in [3.8, 4) is 5.69 Å². The Morgan fingerprint density at radius 3 is 2.25 bits per heavy atom. The number of non-ortho nitro benzene ring substituents is 1. The molecule has 0 saturated heterocycles. The Balaban J connectivity index is 1.82. The van der Waals surface area contributed by atoms with Crippen molar-refractivity contribution in [1.82, 2.24) is 9.36 Å². The molecule has 11 heteroatoms. The largest absolute Gasteiger partial charge is 0.422 e. The van der Waals surface area contributed by atoms with Crippen molar-refractivity contribution in [2.75, 3.05) is 5.32 Å². The van der Waals surface area contributed by atoms with Crippen LogP contribution in [0.2, 0.25) is 0 Å². The van der Waals surface area contributed by atoms with Crippen molar-refractivity contribution in [2.24, 2.45) is 0 Å². The van der Waals surface area contributed by atoms with Crippen molar-refractivity contribution < 1.29 is 14.1 Å². The first-order valence-electron chi connectivity index (χ1n) is 10.8. The van der Waals surface area contributed by atoms with Gasteiger partial charge in [0.15, 0.2) is 0 Å². The van der Waals surface area contributed by atoms with Gasteiger partial charge in [-0.2, -0.15) is 0 Å². The number of benzene rings is 3. The third-order valence-electron chi connectivity index (χ3n) is 6.83. The molecule has 4 heterocycles. The number of nitrogens with zero attached hydrogens (tertiary/aromatic N) is 3. The summed E-state index contributed by atoms with van der Waals surface area (Å²) in [7, 11) is 0. The summed E-state index contributed by atoms with van der Waals surface area (Å²) in [5, 5.41) is 14.7. The lowest BCUT2D eigenvalue weighted by molar-refractivity contribution is -0.384. The van der Waals surface area contributed by atoms with E-state index in [0.29, 0.717) is 5.39 Å². The van der Waals surface area contributed by atoms with Gasteiger partial charge in [0.25, 0.3) is 22.7 Å². The van der Waals surface area contributed by atoms with Crippen LogP contribution >= 0.6 is 0 Å². The molecule has 2 aromatic heterocycles. The molecule has 0 bridgehead atoms. The lowest BCUT2D eigenvalue weighted by Crippen LogP contribution is -2.51. The summed E-state index contributed by atoms with van der Waals surface area (Å²) in [6.07, 6.45) is 0. The van der Waals surface area contributed by atoms with Gasteiger partial charge in [-0.3, -0.25) is 24.5 Å². The van der Waals surface area contributed by atoms with E-state index in [0.717, 1.165) is 15.4 Å². The molecular weight excluding hydrogens is 468 g/mol. The molecule has 7 rings (SSSR count). The van der Waals surface area contributed by atoms with Gasteiger partial charge < -0.3 is 9.73 Å². The number of anilines is 1. The van der Waals surface area contributed by atoms with Gasteiger partial charge in [-0.25, -0.2) is 14.2 Å². The lowest BCUT2D eigenvalue weighted by Gasteiger charge is -2.24. The summed E-state index contributed by atoms with van der Waals surface area (Å²) in [5.74, 6) is -0.815. The Bertz CT molecular complexity index is 2050. The summed E-state index contributed by atoms with van der Waals surface area (Å²) in [4.78, 5) is 66.1. The number of nitro benzene ring substituents is 1. The Morgan fingerprint density at radius 1 is 0.861 bits per heavy atom. The Kier molecular flexibility index (Phi) is 3.58. The maximum Gasteiger partial charge on any atom is 0.345 e. The van der Waals surface area contributed by atoms with Gasteiger partial charge in [0.05, 0.1) is 21.4 Å². The maximum absolute atomic E-state index is 14.0. The van der Waals surface area contributed by atoms with Crippen molar-refractivity contribution in [3.05, 3.63) is 119 Å². The van der Waals surface area contributed by atoms with Crippen LogP contribution in [0.3, 0.4) is 0 Å². The topological polar surface area (TPSA) is 146 Å². The van der Waals surface area contributed by atoms with E-state index >= 15 is 0 Å². The van der Waals surface area contributed by atoms with E-state index in [-0.39, 0.29) is 44.5 Å². The second-order valence-corrected chi connectivity index (χ2v) is 8.54. The number of amides is 1. The van der Waals surface area contributed by atoms with Crippen LogP contribution in [0.15, 0.2) is 85.5 Å². The van der Waals surface area contributed by atoms with Gasteiger partial charge >= 0.3 is 5.63 Å². The second kappa shape index (κ2) is 6.42. The molecule has 2 aliphatic heterocycles. The molecule has 36 heavy (non-hydrogen) atoms. The number of aromatic nitrogens is 2. The zero-order chi connectivity index (χ0) is 24.9. The molecule has 1 amide bonds. The number of nitrogens with one attached hydrogen (secondary N) is 1. The molecule has 0 saturated carbocycles. The minimum atomic E-state index is -2.21. The third-order valence-corrected chi connectivity index (χ3v) is 6.83. The highest BCUT2D eigenvalue weighted by molar-refractivity contribution is 6.11. The normalized spacial score (nSPS) is 17.3. The van der Waals surface area contributed by atoms with E-state index in [9.17, 15) is 29.3 Å². The minimum absolute atomic E-state index is 0.00596. The predicted molar refractivity (Wildman–Crippen MR) is 128 cm³/mol. The fourth-order valence-corrected chi connectivity index (χ4v) is 5.40. The average molecular weight is 480 g/mol. The average Bonchev–Trinajstić information content (AvgIpc) is 3.36. The summed E-state index contributed by atoms with van der Waals surface area (Å²) in [6.45, 7) is 0. The van der Waals surface area contributed by atoms with E-state index < -0.39 is 33.1 Å². The lowest BCUT2D eigenvalue weighted by atomic mass is 9.84. The van der Waals surface area contributed by atoms with E-state index in [1.54, 1.807) is 30.3 Å². The molecule has 1 N–H and O–H groups in total. The Morgan fingerprint density at radius 2 is 1.53 bits per heavy atom. The first kappa shape index (κ1) is 20.1. The standard InChI is InChI=1S/C25H12N4O7/c30-21-13-5-1-2-6-14(13)22(31)28-25(16-11-12(29(34)35)9-10-17(16)26-24(25)33)19-20(27(21)28)15-7-3-4-8-18(15)36-23(19)32/h1-11H,(H,26,33). The molecule has 5 aromatic rings. The summed E-state index contributed by atoms with van der Waals surface area (Å²) >= 11 is 0. The van der Waals surface area contributed by atoms with Gasteiger partial charge in [0, 0.05) is 28.8 Å². The maximum atomic E-state index is 14.0. The van der Waals surface area contributed by atoms with Crippen molar-refractivity contribution in [1.29, 1.82) is 0 Å². The molecule has 1 spiro atoms. The molecule has 0 radical (unpaired) electrons. The zero-order valence-electron chi connectivity index (χ0n) is 18.1. The number of hydrogen-bond acceptors (Lipinski definition) is 7. The SMILES string of the molecule is O=C1Nc2ccc([N+](=O)[O-])cc2C12c1c(c3ccccc3oc1=O)-n1c(=O)c3ccccc3c(=O)n12. The number of para-hydroxylation sites is 1. The van der Waals surface area contributed by atoms with Gasteiger partial charge in [-0.15, -0.1) is 0 Å². The van der Waals surface area contributed by atoms with Crippen LogP contribution in [0.25, 0.3) is 27.4 Å². The summed E-state index contributed by atoms with van der Waals surface area (Å²) in [5.41, 5.74) is -4.81. The molecule has 1 unspecified atom stereocenters. The van der Waals surface area contributed by atoms with E-state index in [1.165, 1.54) is 30.3 Å². The van der Waals surface area contributed by atoms with Crippen LogP contribution in [-0.4, -0.2) is 20.2 Å². The monoisotopic (exact) mass is 480 g/mol. The second-order valence-electron chi connectivity index (χ2n) is 8.54. The van der Waals surface area contributed by atoms with Gasteiger partial charge in [-0.1, -0.05) is 24.3 Å². The molecular formula is C25H12N4O7. The number of nitro groups is 1. The highest BCUT2D eigenvalue weighted by Crippen LogP contribution is 2.49. The van der Waals surface area contributed by atoms with E-state index in [2.05, 4.69) is 5.32 Å². The highest BCUT2D eigenvalue weighted by Gasteiger charge is 2.60. The van der Waals surface area contributed by atoms with Crippen LogP contribution in [0.4, 0.5) is 11.4 Å². The van der Waals surface area contributed by atoms with Crippen molar-refractivity contribution in [2.45, 2.75) is 5.54 Å². The molecule has 174 valence electrons. The third kappa shape index (κ3) is 2.13. The zero-order valence-corrected chi connectivity index (χ0v) is 18.1. The van der Waals surface area contributed by atoms with Crippen LogP contribution in [0.5, 0.6) is 0 Å². The number of carbonyl (C=O) groups is 1. The van der Waals surface area contributed by atoms with E-state index in [4.69, 9.17) is 4.42 Å². The van der Waals surface area contributed by atoms with Crippen LogP contribution in [-0.2, 0) is 10.3 Å². The van der Waals surface area contributed by atoms with E-state index in [1.807, 2.05) is 0 Å². The molecule has 2 aliphatic rings. The fraction of sp³-hybridized carbons (Fsp3) is 0.0400. The van der Waals surface area contributed by atoms with Crippen molar-refractivity contribution in [3.63, 3.8) is 0 Å². The number of hydrogen-bond donors (Lipinski definition) is 1. The minimum Gasteiger partial charge on any atom is -0.422 e. The summed E-state index contributed by atoms with van der Waals surface area (Å²) < 4.78 is 7.49. The highest BCUT2D eigenvalue weighted by atomic mass is 16.6. The number of rotatable bonds is 1. The molecule has 0 fully saturated rings. The van der Waals surface area contributed by atoms with Crippen LogP contribution in [0.1, 0.15) is 11.1 Å². The first-order valence-corrected chi connectivity index (χ1v) is 10.8. The Labute approximate surface area is 198 Å². The Hall–Kier alpha value is -5.32. The quantitative estimate of drug-likeness (QED) is 0.220. The molecule has 11 nitrogen and oxygen atoms in total. The molecule has 0 aliphatic carbocycles. The van der Waals surface area contributed by atoms with Crippen molar-refractivity contribution >= 4 is 39.0 Å². The number of carbonyl (C=O) groups excluding carboxylic acids is 1. The smallest absolute Gasteiger partial charge is 0.345 e. The van der Waals surface area contributed by atoms with Gasteiger partial charge in [-0.05, 0) is 30.3 Å². The van der Waals surface area contributed by atoms with Crippen LogP contribution < -0.4 is 22.1 Å². The van der Waals surface area contributed by atoms with Crippen LogP contribution in [0, 0.1) is 10.1 Å². The first-order chi connectivity index (χ1) is 17.4. The summed E-state index contributed by atoms with van der Waals surface area (Å²) in [6, 6.07) is 16.2. The molecule has 1 atom stereocenters. The van der Waals surface area contributed by atoms with Gasteiger partial charge in [0.2, 0.25) is 5.54 Å².